The summed E-state index contributed by atoms with van der Waals surface area (Å²) in [5, 5.41) is 6.94. The Kier molecular flexibility index (Phi) is 6.10. The van der Waals surface area contributed by atoms with Crippen LogP contribution in [0.2, 0.25) is 0 Å². The highest BCUT2D eigenvalue weighted by Crippen LogP contribution is 2.32. The van der Waals surface area contributed by atoms with Crippen LogP contribution >= 0.6 is 22.7 Å². The van der Waals surface area contributed by atoms with E-state index in [2.05, 4.69) is 20.3 Å². The summed E-state index contributed by atoms with van der Waals surface area (Å²) in [5.74, 6) is 0.122. The quantitative estimate of drug-likeness (QED) is 0.569. The third kappa shape index (κ3) is 4.97. The van der Waals surface area contributed by atoms with Crippen LogP contribution in [-0.4, -0.2) is 44.8 Å². The number of amides is 2. The first-order chi connectivity index (χ1) is 14.9. The van der Waals surface area contributed by atoms with Crippen molar-refractivity contribution in [3.63, 3.8) is 0 Å². The number of aromatic nitrogens is 3. The van der Waals surface area contributed by atoms with Crippen LogP contribution in [0.4, 0.5) is 10.9 Å². The number of carbonyl (C=O) groups is 2. The standard InChI is InChI=1S/C21H22N6O2S2/c1-12-19(31-13(2)24-12)16-11-30-21(25-16)26-18-4-3-15(10-23-18)20(29)27-7-5-14(6-8-27)9-17(22)28/h3-4,9-11H,5-8H2,1-2H3,(H2,22,28)(H,23,25,26). The Labute approximate surface area is 187 Å². The number of thiazole rings is 2. The zero-order valence-corrected chi connectivity index (χ0v) is 18.8. The number of carbonyl (C=O) groups excluding carboxylic acids is 2. The minimum Gasteiger partial charge on any atom is -0.366 e. The van der Waals surface area contributed by atoms with Crippen LogP contribution in [0.3, 0.4) is 0 Å². The van der Waals surface area contributed by atoms with Crippen molar-refractivity contribution in [2.45, 2.75) is 26.7 Å². The molecule has 2 amide bonds. The molecule has 3 aromatic rings. The fraction of sp³-hybridized carbons (Fsp3) is 0.286. The van der Waals surface area contributed by atoms with Crippen LogP contribution in [0.1, 0.15) is 33.9 Å². The van der Waals surface area contributed by atoms with E-state index in [4.69, 9.17) is 5.73 Å². The van der Waals surface area contributed by atoms with E-state index in [1.165, 1.54) is 17.4 Å². The summed E-state index contributed by atoms with van der Waals surface area (Å²) >= 11 is 3.13. The van der Waals surface area contributed by atoms with E-state index in [0.29, 0.717) is 37.3 Å². The lowest BCUT2D eigenvalue weighted by molar-refractivity contribution is -0.113. The Morgan fingerprint density at radius 1 is 1.19 bits per heavy atom. The Morgan fingerprint density at radius 2 is 1.97 bits per heavy atom. The number of hydrogen-bond acceptors (Lipinski definition) is 8. The highest BCUT2D eigenvalue weighted by molar-refractivity contribution is 7.16. The van der Waals surface area contributed by atoms with Gasteiger partial charge >= 0.3 is 0 Å². The molecular formula is C21H22N6O2S2. The second-order valence-corrected chi connectivity index (χ2v) is 9.30. The van der Waals surface area contributed by atoms with E-state index in [1.807, 2.05) is 19.2 Å². The van der Waals surface area contributed by atoms with Gasteiger partial charge in [0.15, 0.2) is 5.13 Å². The molecule has 1 aliphatic heterocycles. The molecule has 4 heterocycles. The van der Waals surface area contributed by atoms with Crippen molar-refractivity contribution in [3.8, 4) is 10.6 Å². The summed E-state index contributed by atoms with van der Waals surface area (Å²) in [7, 11) is 0. The predicted molar refractivity (Wildman–Crippen MR) is 123 cm³/mol. The molecule has 1 aliphatic rings. The molecule has 10 heteroatoms. The predicted octanol–water partition coefficient (Wildman–Crippen LogP) is 3.67. The largest absolute Gasteiger partial charge is 0.366 e. The number of hydrogen-bond donors (Lipinski definition) is 2. The summed E-state index contributed by atoms with van der Waals surface area (Å²) in [6.45, 7) is 5.10. The Balaban J connectivity index is 1.38. The lowest BCUT2D eigenvalue weighted by Gasteiger charge is -2.28. The number of anilines is 2. The number of rotatable bonds is 5. The van der Waals surface area contributed by atoms with Crippen molar-refractivity contribution in [2.75, 3.05) is 18.4 Å². The SMILES string of the molecule is Cc1nc(C)c(-c2csc(Nc3ccc(C(=O)N4CCC(=CC(N)=O)CC4)cn3)n2)s1. The number of aryl methyl sites for hydroxylation is 2. The van der Waals surface area contributed by atoms with Gasteiger partial charge in [0.2, 0.25) is 5.91 Å². The van der Waals surface area contributed by atoms with E-state index >= 15 is 0 Å². The van der Waals surface area contributed by atoms with Gasteiger partial charge in [-0.3, -0.25) is 9.59 Å². The monoisotopic (exact) mass is 454 g/mol. The zero-order valence-electron chi connectivity index (χ0n) is 17.2. The average molecular weight is 455 g/mol. The summed E-state index contributed by atoms with van der Waals surface area (Å²) in [6, 6.07) is 3.54. The summed E-state index contributed by atoms with van der Waals surface area (Å²) in [5.41, 5.74) is 8.60. The van der Waals surface area contributed by atoms with E-state index in [-0.39, 0.29) is 5.91 Å². The van der Waals surface area contributed by atoms with Crippen molar-refractivity contribution in [3.05, 3.63) is 51.6 Å². The molecule has 160 valence electrons. The molecule has 8 nitrogen and oxygen atoms in total. The van der Waals surface area contributed by atoms with Crippen molar-refractivity contribution < 1.29 is 9.59 Å². The highest BCUT2D eigenvalue weighted by Gasteiger charge is 2.21. The molecule has 3 N–H and O–H groups in total. The molecule has 0 aliphatic carbocycles. The molecule has 0 spiro atoms. The van der Waals surface area contributed by atoms with Crippen LogP contribution in [0.25, 0.3) is 10.6 Å². The lowest BCUT2D eigenvalue weighted by atomic mass is 10.0. The van der Waals surface area contributed by atoms with Crippen LogP contribution in [0.5, 0.6) is 0 Å². The number of pyridine rings is 1. The van der Waals surface area contributed by atoms with Crippen molar-refractivity contribution in [1.29, 1.82) is 0 Å². The first kappa shape index (κ1) is 21.1. The minimum atomic E-state index is -0.438. The molecule has 0 atom stereocenters. The second kappa shape index (κ2) is 8.94. The fourth-order valence-electron chi connectivity index (χ4n) is 3.43. The van der Waals surface area contributed by atoms with Crippen LogP contribution in [0.15, 0.2) is 35.4 Å². The number of piperidine rings is 1. The van der Waals surface area contributed by atoms with Gasteiger partial charge in [0, 0.05) is 30.7 Å². The van der Waals surface area contributed by atoms with Crippen molar-refractivity contribution >= 4 is 45.4 Å². The Bertz CT molecular complexity index is 1140. The van der Waals surface area contributed by atoms with Gasteiger partial charge in [-0.15, -0.1) is 22.7 Å². The molecule has 1 fully saturated rings. The normalized spacial score (nSPS) is 13.9. The topological polar surface area (TPSA) is 114 Å². The zero-order chi connectivity index (χ0) is 22.0. The molecule has 3 aromatic heterocycles. The first-order valence-corrected chi connectivity index (χ1v) is 11.5. The molecule has 4 rings (SSSR count). The van der Waals surface area contributed by atoms with Gasteiger partial charge in [-0.1, -0.05) is 5.57 Å². The second-order valence-electron chi connectivity index (χ2n) is 7.24. The van der Waals surface area contributed by atoms with Crippen LogP contribution in [0, 0.1) is 13.8 Å². The maximum absolute atomic E-state index is 12.7. The van der Waals surface area contributed by atoms with E-state index in [0.717, 1.165) is 32.0 Å². The molecule has 0 aromatic carbocycles. The number of nitrogens with two attached hydrogens (primary N) is 1. The first-order valence-electron chi connectivity index (χ1n) is 9.80. The molecule has 0 radical (unpaired) electrons. The maximum atomic E-state index is 12.7. The number of nitrogens with zero attached hydrogens (tertiary/aromatic N) is 4. The van der Waals surface area contributed by atoms with Gasteiger partial charge in [-0.25, -0.2) is 15.0 Å². The molecule has 0 unspecified atom stereocenters. The molecular weight excluding hydrogens is 432 g/mol. The molecule has 0 saturated carbocycles. The average Bonchev–Trinajstić information content (AvgIpc) is 3.33. The van der Waals surface area contributed by atoms with E-state index in [1.54, 1.807) is 34.6 Å². The van der Waals surface area contributed by atoms with Gasteiger partial charge in [0.05, 0.1) is 26.8 Å². The van der Waals surface area contributed by atoms with Crippen LogP contribution < -0.4 is 11.1 Å². The highest BCUT2D eigenvalue weighted by atomic mass is 32.1. The van der Waals surface area contributed by atoms with Crippen molar-refractivity contribution in [1.82, 2.24) is 19.9 Å². The number of primary amides is 1. The van der Waals surface area contributed by atoms with Gasteiger partial charge in [0.1, 0.15) is 5.82 Å². The summed E-state index contributed by atoms with van der Waals surface area (Å²) < 4.78 is 0. The summed E-state index contributed by atoms with van der Waals surface area (Å²) in [6.07, 6.45) is 4.36. The summed E-state index contributed by atoms with van der Waals surface area (Å²) in [4.78, 5) is 40.0. The third-order valence-electron chi connectivity index (χ3n) is 4.93. The Hall–Kier alpha value is -3.11. The number of likely N-dealkylation sites (tertiary alicyclic amines) is 1. The fourth-order valence-corrected chi connectivity index (χ4v) is 5.10. The van der Waals surface area contributed by atoms with Gasteiger partial charge in [-0.05, 0) is 38.8 Å². The minimum absolute atomic E-state index is 0.0650. The van der Waals surface area contributed by atoms with Gasteiger partial charge in [-0.2, -0.15) is 0 Å². The lowest BCUT2D eigenvalue weighted by Crippen LogP contribution is -2.36. The van der Waals surface area contributed by atoms with Gasteiger partial charge in [0.25, 0.3) is 5.91 Å². The smallest absolute Gasteiger partial charge is 0.255 e. The van der Waals surface area contributed by atoms with Crippen molar-refractivity contribution in [2.24, 2.45) is 5.73 Å². The van der Waals surface area contributed by atoms with Crippen LogP contribution in [-0.2, 0) is 4.79 Å². The third-order valence-corrected chi connectivity index (χ3v) is 6.78. The molecule has 1 saturated heterocycles. The van der Waals surface area contributed by atoms with Gasteiger partial charge < -0.3 is 16.0 Å². The maximum Gasteiger partial charge on any atom is 0.255 e. The molecule has 31 heavy (non-hydrogen) atoms. The Morgan fingerprint density at radius 3 is 2.58 bits per heavy atom. The molecule has 0 bridgehead atoms. The van der Waals surface area contributed by atoms with E-state index in [9.17, 15) is 9.59 Å². The van der Waals surface area contributed by atoms with E-state index < -0.39 is 5.91 Å². The number of nitrogens with one attached hydrogen (secondary N) is 1.